The van der Waals surface area contributed by atoms with Crippen LogP contribution in [0.3, 0.4) is 0 Å². The maximum Gasteiger partial charge on any atom is 0.387 e. The van der Waals surface area contributed by atoms with Crippen molar-refractivity contribution in [1.29, 1.82) is 5.53 Å². The van der Waals surface area contributed by atoms with Crippen LogP contribution in [-0.2, 0) is 28.0 Å². The fraction of sp³-hybridized carbons (Fsp3) is 1.00. The van der Waals surface area contributed by atoms with Crippen LogP contribution in [0.2, 0.25) is 0 Å². The number of nitrogens with one attached hydrogen (secondary N) is 1. The van der Waals surface area contributed by atoms with Crippen molar-refractivity contribution in [3.63, 3.8) is 0 Å². The maximum atomic E-state index is 12.5. The fourth-order valence-electron chi connectivity index (χ4n) is 2.98. The number of hydrogen-bond donors (Lipinski definition) is 5. The van der Waals surface area contributed by atoms with Crippen molar-refractivity contribution < 1.29 is 43.1 Å². The summed E-state index contributed by atoms with van der Waals surface area (Å²) in [4.78, 5) is 10.2. The molecule has 0 saturated carbocycles. The minimum Gasteiger partial charge on any atom is -0.386 e. The van der Waals surface area contributed by atoms with E-state index in [2.05, 4.69) is 5.11 Å². The predicted octanol–water partition coefficient (Wildman–Crippen LogP) is -0.192. The Morgan fingerprint density at radius 1 is 1.18 bits per heavy atom. The van der Waals surface area contributed by atoms with E-state index in [1.807, 2.05) is 0 Å². The van der Waals surface area contributed by atoms with Gasteiger partial charge in [0.15, 0.2) is 6.23 Å². The molecular formula is C14H28N3O9PS. The van der Waals surface area contributed by atoms with E-state index in [9.17, 15) is 19.7 Å². The van der Waals surface area contributed by atoms with Gasteiger partial charge in [0.1, 0.15) is 36.7 Å². The molecule has 9 atom stereocenters. The number of hydrogen-bond acceptors (Lipinski definition) is 12. The van der Waals surface area contributed by atoms with Crippen molar-refractivity contribution in [2.75, 3.05) is 25.6 Å². The Kier molecular flexibility index (Phi) is 9.23. The first-order valence-electron chi connectivity index (χ1n) is 8.88. The molecule has 0 aromatic heterocycles. The molecule has 2 saturated heterocycles. The fourth-order valence-corrected chi connectivity index (χ4v) is 5.69. The second-order valence-corrected chi connectivity index (χ2v) is 10.1. The summed E-state index contributed by atoms with van der Waals surface area (Å²) < 4.78 is 39.2. The Hall–Kier alpha value is -0.180. The smallest absolute Gasteiger partial charge is 0.386 e. The molecule has 2 rings (SSSR count). The van der Waals surface area contributed by atoms with E-state index in [1.165, 1.54) is 0 Å². The Morgan fingerprint density at radius 2 is 1.89 bits per heavy atom. The third-order valence-electron chi connectivity index (χ3n) is 4.31. The van der Waals surface area contributed by atoms with E-state index < -0.39 is 55.9 Å². The summed E-state index contributed by atoms with van der Waals surface area (Å²) in [7, 11) is 0. The van der Waals surface area contributed by atoms with Gasteiger partial charge in [-0.15, -0.1) is 0 Å². The van der Waals surface area contributed by atoms with Crippen molar-refractivity contribution in [1.82, 2.24) is 0 Å². The van der Waals surface area contributed by atoms with Gasteiger partial charge in [-0.3, -0.25) is 4.52 Å². The standard InChI is InChI=1S/C14H28N3O9PS/c1-3-22-5-7-12(9(18)13(15)24-7)26-27(20,21)28-6-8-11(23-4-2)10(19)14(17-16)25-8/h7-14,16,18-19H,3-6,15H2,1-2H3,(H,20,21)/t7-,8-,9?,10?,11?,12?,13-,14-/m1/s1. The molecule has 6 N–H and O–H groups in total. The van der Waals surface area contributed by atoms with Gasteiger partial charge in [0.25, 0.3) is 0 Å². The van der Waals surface area contributed by atoms with Crippen LogP contribution < -0.4 is 5.73 Å². The van der Waals surface area contributed by atoms with Crippen molar-refractivity contribution in [3.8, 4) is 0 Å². The number of aliphatic hydroxyl groups excluding tert-OH is 2. The summed E-state index contributed by atoms with van der Waals surface area (Å²) >= 11 is 0.558. The van der Waals surface area contributed by atoms with E-state index in [0.29, 0.717) is 18.0 Å². The number of nitrogens with zero attached hydrogens (tertiary/aromatic N) is 1. The van der Waals surface area contributed by atoms with Crippen LogP contribution in [0.5, 0.6) is 0 Å². The Labute approximate surface area is 166 Å². The van der Waals surface area contributed by atoms with Crippen molar-refractivity contribution in [2.24, 2.45) is 10.8 Å². The number of ether oxygens (including phenoxy) is 4. The molecule has 0 aliphatic carbocycles. The van der Waals surface area contributed by atoms with Gasteiger partial charge in [0.2, 0.25) is 0 Å². The molecule has 14 heteroatoms. The Bertz CT molecular complexity index is 562. The van der Waals surface area contributed by atoms with Gasteiger partial charge in [0.05, 0.1) is 12.7 Å². The maximum absolute atomic E-state index is 12.5. The normalized spacial score (nSPS) is 40.5. The zero-order valence-electron chi connectivity index (χ0n) is 15.6. The molecule has 5 unspecified atom stereocenters. The van der Waals surface area contributed by atoms with E-state index >= 15 is 0 Å². The Balaban J connectivity index is 1.96. The van der Waals surface area contributed by atoms with Gasteiger partial charge in [-0.2, -0.15) is 5.11 Å². The topological polar surface area (TPSA) is 186 Å². The quantitative estimate of drug-likeness (QED) is 0.209. The number of aliphatic hydroxyl groups is 2. The third kappa shape index (κ3) is 5.92. The predicted molar refractivity (Wildman–Crippen MR) is 97.7 cm³/mol. The second kappa shape index (κ2) is 10.7. The molecule has 0 aromatic rings. The van der Waals surface area contributed by atoms with Crippen LogP contribution in [0.1, 0.15) is 13.8 Å². The van der Waals surface area contributed by atoms with Gasteiger partial charge in [-0.05, 0) is 25.2 Å². The zero-order valence-corrected chi connectivity index (χ0v) is 17.3. The molecule has 2 heterocycles. The van der Waals surface area contributed by atoms with Crippen LogP contribution in [0.25, 0.3) is 0 Å². The van der Waals surface area contributed by atoms with Gasteiger partial charge in [0, 0.05) is 19.0 Å². The Morgan fingerprint density at radius 3 is 2.50 bits per heavy atom. The summed E-state index contributed by atoms with van der Waals surface area (Å²) in [5.74, 6) is -0.0621. The van der Waals surface area contributed by atoms with Gasteiger partial charge < -0.3 is 39.8 Å². The summed E-state index contributed by atoms with van der Waals surface area (Å²) in [5, 5.41) is 23.4. The summed E-state index contributed by atoms with van der Waals surface area (Å²) in [6.07, 6.45) is -8.10. The highest BCUT2D eigenvalue weighted by atomic mass is 32.7. The molecule has 2 aliphatic rings. The minimum absolute atomic E-state index is 0.0492. The monoisotopic (exact) mass is 445 g/mol. The lowest BCUT2D eigenvalue weighted by molar-refractivity contribution is -0.0362. The summed E-state index contributed by atoms with van der Waals surface area (Å²) in [5.41, 5.74) is 12.7. The van der Waals surface area contributed by atoms with Crippen molar-refractivity contribution >= 4 is 18.2 Å². The molecule has 2 fully saturated rings. The first-order chi connectivity index (χ1) is 13.2. The summed E-state index contributed by atoms with van der Waals surface area (Å²) in [6.45, 7) is -0.0210. The average Bonchev–Trinajstić information content (AvgIpc) is 3.09. The first-order valence-corrected chi connectivity index (χ1v) is 12.0. The SMILES string of the molecule is CCOC[C@H]1O[C@@H](N)C(O)C1OP(=O)(O)SC[C@H]1O[C@@H](N=N)C(O)C1OCC. The van der Waals surface area contributed by atoms with Crippen LogP contribution >= 0.6 is 18.2 Å². The molecule has 2 aliphatic heterocycles. The van der Waals surface area contributed by atoms with Gasteiger partial charge >= 0.3 is 6.80 Å². The highest BCUT2D eigenvalue weighted by Crippen LogP contribution is 2.58. The van der Waals surface area contributed by atoms with Crippen LogP contribution in [0, 0.1) is 5.53 Å². The highest BCUT2D eigenvalue weighted by molar-refractivity contribution is 8.54. The third-order valence-corrected chi connectivity index (χ3v) is 7.31. The van der Waals surface area contributed by atoms with Crippen LogP contribution in [0.4, 0.5) is 0 Å². The largest absolute Gasteiger partial charge is 0.387 e. The highest BCUT2D eigenvalue weighted by Gasteiger charge is 2.48. The van der Waals surface area contributed by atoms with E-state index in [0.717, 1.165) is 0 Å². The molecule has 164 valence electrons. The van der Waals surface area contributed by atoms with Gasteiger partial charge in [-0.1, -0.05) is 0 Å². The summed E-state index contributed by atoms with van der Waals surface area (Å²) in [6, 6.07) is 0. The molecular weight excluding hydrogens is 417 g/mol. The van der Waals surface area contributed by atoms with Gasteiger partial charge in [-0.25, -0.2) is 10.1 Å². The lowest BCUT2D eigenvalue weighted by Crippen LogP contribution is -2.38. The van der Waals surface area contributed by atoms with Crippen LogP contribution in [0.15, 0.2) is 5.11 Å². The number of nitrogens with two attached hydrogens (primary N) is 1. The zero-order chi connectivity index (χ0) is 20.9. The molecule has 12 nitrogen and oxygen atoms in total. The lowest BCUT2D eigenvalue weighted by Gasteiger charge is -2.24. The molecule has 0 radical (unpaired) electrons. The van der Waals surface area contributed by atoms with Crippen molar-refractivity contribution in [2.45, 2.75) is 62.9 Å². The number of rotatable bonds is 11. The molecule has 28 heavy (non-hydrogen) atoms. The first kappa shape index (κ1) is 24.1. The van der Waals surface area contributed by atoms with E-state index in [4.69, 9.17) is 34.7 Å². The van der Waals surface area contributed by atoms with E-state index in [-0.39, 0.29) is 19.0 Å². The molecule has 0 aromatic carbocycles. The van der Waals surface area contributed by atoms with Crippen molar-refractivity contribution in [3.05, 3.63) is 0 Å². The average molecular weight is 445 g/mol. The molecule has 0 amide bonds. The minimum atomic E-state index is -4.25. The molecule has 0 spiro atoms. The lowest BCUT2D eigenvalue weighted by atomic mass is 10.1. The second-order valence-electron chi connectivity index (χ2n) is 6.23. The van der Waals surface area contributed by atoms with Crippen LogP contribution in [-0.4, -0.2) is 89.8 Å². The van der Waals surface area contributed by atoms with E-state index in [1.54, 1.807) is 13.8 Å². The molecule has 0 bridgehead atoms.